The van der Waals surface area contributed by atoms with Crippen LogP contribution in [0.3, 0.4) is 0 Å². The number of nitrogens with one attached hydrogen (secondary N) is 1. The van der Waals surface area contributed by atoms with Crippen molar-refractivity contribution >= 4 is 11.7 Å². The number of pyridine rings is 1. The van der Waals surface area contributed by atoms with Gasteiger partial charge in [-0.2, -0.15) is 0 Å². The van der Waals surface area contributed by atoms with E-state index in [0.717, 1.165) is 38.4 Å². The Balaban J connectivity index is 1.54. The van der Waals surface area contributed by atoms with Crippen LogP contribution in [0.2, 0.25) is 0 Å². The maximum atomic E-state index is 12.1. The number of hydrogen-bond acceptors (Lipinski definition) is 4. The SMILES string of the molecule is C[C@@H]1CCCN(c2ccc(C(=O)NC[C@@H]3CCCO3)cn2)C1. The highest BCUT2D eigenvalue weighted by Crippen LogP contribution is 2.21. The van der Waals surface area contributed by atoms with E-state index >= 15 is 0 Å². The molecule has 5 heteroatoms. The average molecular weight is 303 g/mol. The molecule has 2 aliphatic heterocycles. The minimum atomic E-state index is -0.0680. The Kier molecular flexibility index (Phi) is 4.93. The molecule has 0 radical (unpaired) electrons. The molecule has 2 saturated heterocycles. The van der Waals surface area contributed by atoms with E-state index in [4.69, 9.17) is 4.74 Å². The van der Waals surface area contributed by atoms with Gasteiger partial charge in [0.15, 0.2) is 0 Å². The van der Waals surface area contributed by atoms with Crippen molar-refractivity contribution in [2.24, 2.45) is 5.92 Å². The molecule has 1 aromatic rings. The van der Waals surface area contributed by atoms with E-state index in [1.165, 1.54) is 12.8 Å². The van der Waals surface area contributed by atoms with Crippen molar-refractivity contribution in [2.45, 2.75) is 38.7 Å². The molecule has 1 N–H and O–H groups in total. The Labute approximate surface area is 132 Å². The monoisotopic (exact) mass is 303 g/mol. The molecule has 1 aromatic heterocycles. The molecule has 3 rings (SSSR count). The lowest BCUT2D eigenvalue weighted by Gasteiger charge is -2.31. The lowest BCUT2D eigenvalue weighted by atomic mass is 10.0. The van der Waals surface area contributed by atoms with Gasteiger partial charge in [-0.25, -0.2) is 4.98 Å². The predicted octanol–water partition coefficient (Wildman–Crippen LogP) is 2.23. The Bertz CT molecular complexity index is 497. The Hall–Kier alpha value is -1.62. The Morgan fingerprint density at radius 1 is 1.41 bits per heavy atom. The van der Waals surface area contributed by atoms with E-state index in [1.54, 1.807) is 6.20 Å². The van der Waals surface area contributed by atoms with Crippen LogP contribution >= 0.6 is 0 Å². The number of hydrogen-bond donors (Lipinski definition) is 1. The second kappa shape index (κ2) is 7.09. The van der Waals surface area contributed by atoms with Gasteiger partial charge in [0.25, 0.3) is 5.91 Å². The van der Waals surface area contributed by atoms with Gasteiger partial charge < -0.3 is 15.0 Å². The quantitative estimate of drug-likeness (QED) is 0.927. The Morgan fingerprint density at radius 3 is 3.00 bits per heavy atom. The molecule has 0 aromatic carbocycles. The van der Waals surface area contributed by atoms with E-state index in [9.17, 15) is 4.79 Å². The smallest absolute Gasteiger partial charge is 0.252 e. The normalized spacial score (nSPS) is 25.2. The molecule has 0 bridgehead atoms. The molecular weight excluding hydrogens is 278 g/mol. The summed E-state index contributed by atoms with van der Waals surface area (Å²) in [5.74, 6) is 1.62. The van der Waals surface area contributed by atoms with Gasteiger partial charge in [-0.05, 0) is 43.7 Å². The highest BCUT2D eigenvalue weighted by atomic mass is 16.5. The third-order valence-corrected chi connectivity index (χ3v) is 4.51. The number of rotatable bonds is 4. The molecule has 0 saturated carbocycles. The summed E-state index contributed by atoms with van der Waals surface area (Å²) in [6.45, 7) is 5.79. The molecule has 1 amide bonds. The highest BCUT2D eigenvalue weighted by molar-refractivity contribution is 5.94. The first-order valence-electron chi connectivity index (χ1n) is 8.33. The lowest BCUT2D eigenvalue weighted by molar-refractivity contribution is 0.0857. The summed E-state index contributed by atoms with van der Waals surface area (Å²) in [5, 5.41) is 2.93. The summed E-state index contributed by atoms with van der Waals surface area (Å²) in [7, 11) is 0. The summed E-state index contributed by atoms with van der Waals surface area (Å²) in [6.07, 6.45) is 6.48. The van der Waals surface area contributed by atoms with Crippen LogP contribution in [-0.4, -0.2) is 43.2 Å². The molecule has 0 spiro atoms. The van der Waals surface area contributed by atoms with Crippen LogP contribution in [0.15, 0.2) is 18.3 Å². The van der Waals surface area contributed by atoms with Crippen molar-refractivity contribution in [1.29, 1.82) is 0 Å². The molecular formula is C17H25N3O2. The second-order valence-corrected chi connectivity index (χ2v) is 6.44. The van der Waals surface area contributed by atoms with Crippen molar-refractivity contribution < 1.29 is 9.53 Å². The maximum Gasteiger partial charge on any atom is 0.252 e. The molecule has 22 heavy (non-hydrogen) atoms. The number of piperidine rings is 1. The summed E-state index contributed by atoms with van der Waals surface area (Å²) >= 11 is 0. The van der Waals surface area contributed by atoms with Crippen LogP contribution in [0.25, 0.3) is 0 Å². The van der Waals surface area contributed by atoms with Crippen molar-refractivity contribution in [2.75, 3.05) is 31.1 Å². The Morgan fingerprint density at radius 2 is 2.32 bits per heavy atom. The van der Waals surface area contributed by atoms with Gasteiger partial charge in [-0.1, -0.05) is 6.92 Å². The van der Waals surface area contributed by atoms with Crippen LogP contribution < -0.4 is 10.2 Å². The fourth-order valence-electron chi connectivity index (χ4n) is 3.22. The standard InChI is InChI=1S/C17H25N3O2/c1-13-4-2-8-20(12-13)16-7-6-14(10-18-16)17(21)19-11-15-5-3-9-22-15/h6-7,10,13,15H,2-5,8-9,11-12H2,1H3,(H,19,21)/t13-,15+/m1/s1. The number of carbonyl (C=O) groups is 1. The van der Waals surface area contributed by atoms with Crippen molar-refractivity contribution in [3.05, 3.63) is 23.9 Å². The first kappa shape index (κ1) is 15.3. The zero-order valence-corrected chi connectivity index (χ0v) is 13.3. The first-order chi connectivity index (χ1) is 10.7. The van der Waals surface area contributed by atoms with Gasteiger partial charge in [-0.15, -0.1) is 0 Å². The number of aromatic nitrogens is 1. The average Bonchev–Trinajstić information content (AvgIpc) is 3.06. The van der Waals surface area contributed by atoms with E-state index in [2.05, 4.69) is 22.1 Å². The summed E-state index contributed by atoms with van der Waals surface area (Å²) in [5.41, 5.74) is 0.617. The number of carbonyl (C=O) groups excluding carboxylic acids is 1. The van der Waals surface area contributed by atoms with Gasteiger partial charge in [0, 0.05) is 32.4 Å². The fourth-order valence-corrected chi connectivity index (χ4v) is 3.22. The zero-order chi connectivity index (χ0) is 15.4. The molecule has 2 atom stereocenters. The number of nitrogens with zero attached hydrogens (tertiary/aromatic N) is 2. The molecule has 2 fully saturated rings. The van der Waals surface area contributed by atoms with E-state index in [1.807, 2.05) is 12.1 Å². The van der Waals surface area contributed by atoms with Gasteiger partial charge in [0.05, 0.1) is 11.7 Å². The minimum Gasteiger partial charge on any atom is -0.376 e. The van der Waals surface area contributed by atoms with Crippen LogP contribution in [0.5, 0.6) is 0 Å². The van der Waals surface area contributed by atoms with Crippen molar-refractivity contribution in [3.8, 4) is 0 Å². The van der Waals surface area contributed by atoms with Gasteiger partial charge in [0.1, 0.15) is 5.82 Å². The molecule has 0 unspecified atom stereocenters. The number of amides is 1. The van der Waals surface area contributed by atoms with E-state index in [-0.39, 0.29) is 12.0 Å². The number of ether oxygens (including phenoxy) is 1. The summed E-state index contributed by atoms with van der Waals surface area (Å²) in [6, 6.07) is 3.82. The van der Waals surface area contributed by atoms with Crippen LogP contribution in [0.4, 0.5) is 5.82 Å². The van der Waals surface area contributed by atoms with Crippen LogP contribution in [0, 0.1) is 5.92 Å². The topological polar surface area (TPSA) is 54.5 Å². The van der Waals surface area contributed by atoms with E-state index in [0.29, 0.717) is 18.0 Å². The third kappa shape index (κ3) is 3.77. The zero-order valence-electron chi connectivity index (χ0n) is 13.3. The van der Waals surface area contributed by atoms with Crippen molar-refractivity contribution in [1.82, 2.24) is 10.3 Å². The summed E-state index contributed by atoms with van der Waals surface area (Å²) < 4.78 is 5.51. The van der Waals surface area contributed by atoms with Crippen LogP contribution in [-0.2, 0) is 4.74 Å². The maximum absolute atomic E-state index is 12.1. The second-order valence-electron chi connectivity index (χ2n) is 6.44. The molecule has 0 aliphatic carbocycles. The number of anilines is 1. The lowest BCUT2D eigenvalue weighted by Crippen LogP contribution is -2.35. The van der Waals surface area contributed by atoms with E-state index < -0.39 is 0 Å². The molecule has 2 aliphatic rings. The first-order valence-corrected chi connectivity index (χ1v) is 8.33. The van der Waals surface area contributed by atoms with Gasteiger partial charge in [0.2, 0.25) is 0 Å². The molecule has 5 nitrogen and oxygen atoms in total. The van der Waals surface area contributed by atoms with Gasteiger partial charge in [-0.3, -0.25) is 4.79 Å². The largest absolute Gasteiger partial charge is 0.376 e. The fraction of sp³-hybridized carbons (Fsp3) is 0.647. The van der Waals surface area contributed by atoms with Crippen molar-refractivity contribution in [3.63, 3.8) is 0 Å². The third-order valence-electron chi connectivity index (χ3n) is 4.51. The van der Waals surface area contributed by atoms with Crippen LogP contribution in [0.1, 0.15) is 43.0 Å². The highest BCUT2D eigenvalue weighted by Gasteiger charge is 2.19. The summed E-state index contributed by atoms with van der Waals surface area (Å²) in [4.78, 5) is 18.9. The molecule has 120 valence electrons. The van der Waals surface area contributed by atoms with Gasteiger partial charge >= 0.3 is 0 Å². The molecule has 3 heterocycles. The minimum absolute atomic E-state index is 0.0680. The predicted molar refractivity (Wildman–Crippen MR) is 86.2 cm³/mol.